The van der Waals surface area contributed by atoms with E-state index in [4.69, 9.17) is 15.2 Å². The Morgan fingerprint density at radius 3 is 2.42 bits per heavy atom. The van der Waals surface area contributed by atoms with Crippen LogP contribution in [0.5, 0.6) is 5.75 Å². The number of nitrogens with one attached hydrogen (secondary N) is 1. The number of urea groups is 1. The topological polar surface area (TPSA) is 108 Å². The van der Waals surface area contributed by atoms with E-state index in [1.807, 2.05) is 13.8 Å². The number of esters is 1. The van der Waals surface area contributed by atoms with Crippen LogP contribution in [0.15, 0.2) is 18.2 Å². The second kappa shape index (κ2) is 8.90. The van der Waals surface area contributed by atoms with Gasteiger partial charge in [-0.25, -0.2) is 9.59 Å². The van der Waals surface area contributed by atoms with Gasteiger partial charge in [0.1, 0.15) is 18.4 Å². The van der Waals surface area contributed by atoms with E-state index < -0.39 is 18.0 Å². The highest BCUT2D eigenvalue weighted by molar-refractivity contribution is 5.94. The number of carbonyl (C=O) groups is 3. The van der Waals surface area contributed by atoms with E-state index in [1.165, 1.54) is 14.0 Å². The molecule has 0 bridgehead atoms. The number of primary amides is 1. The lowest BCUT2D eigenvalue weighted by Crippen LogP contribution is -2.45. The average molecular weight is 336 g/mol. The van der Waals surface area contributed by atoms with Gasteiger partial charge in [0.2, 0.25) is 0 Å². The highest BCUT2D eigenvalue weighted by Crippen LogP contribution is 2.21. The molecule has 132 valence electrons. The second-order valence-electron chi connectivity index (χ2n) is 5.88. The summed E-state index contributed by atoms with van der Waals surface area (Å²) in [6.45, 7) is 5.22. The molecule has 1 rings (SSSR count). The summed E-state index contributed by atoms with van der Waals surface area (Å²) in [7, 11) is 1.49. The molecule has 3 N–H and O–H groups in total. The summed E-state index contributed by atoms with van der Waals surface area (Å²) in [6.07, 6.45) is 0.409. The van der Waals surface area contributed by atoms with E-state index in [0.29, 0.717) is 23.3 Å². The van der Waals surface area contributed by atoms with Crippen molar-refractivity contribution in [2.24, 2.45) is 11.7 Å². The van der Waals surface area contributed by atoms with Gasteiger partial charge in [-0.2, -0.15) is 0 Å². The zero-order valence-electron chi connectivity index (χ0n) is 14.4. The maximum atomic E-state index is 12.2. The largest absolute Gasteiger partial charge is 0.496 e. The second-order valence-corrected chi connectivity index (χ2v) is 5.88. The minimum atomic E-state index is -0.815. The number of carbonyl (C=O) groups excluding carboxylic acids is 3. The summed E-state index contributed by atoms with van der Waals surface area (Å²) in [5, 5.41) is 2.38. The van der Waals surface area contributed by atoms with Gasteiger partial charge >= 0.3 is 12.0 Å². The minimum absolute atomic E-state index is 0.0713. The van der Waals surface area contributed by atoms with Crippen molar-refractivity contribution in [3.63, 3.8) is 0 Å². The van der Waals surface area contributed by atoms with Crippen LogP contribution < -0.4 is 15.8 Å². The van der Waals surface area contributed by atoms with E-state index in [9.17, 15) is 14.4 Å². The Bertz CT molecular complexity index is 613. The summed E-state index contributed by atoms with van der Waals surface area (Å²) < 4.78 is 10.5. The molecule has 0 aliphatic heterocycles. The Morgan fingerprint density at radius 2 is 1.92 bits per heavy atom. The molecule has 0 aromatic heterocycles. The first-order valence-corrected chi connectivity index (χ1v) is 7.65. The first-order chi connectivity index (χ1) is 11.2. The molecular formula is C17H24N2O5. The summed E-state index contributed by atoms with van der Waals surface area (Å²) in [4.78, 5) is 34.7. The summed E-state index contributed by atoms with van der Waals surface area (Å²) in [5.74, 6) is -0.00265. The number of ketones is 1. The van der Waals surface area contributed by atoms with Crippen LogP contribution in [-0.4, -0.2) is 30.9 Å². The Kier molecular flexibility index (Phi) is 7.23. The quantitative estimate of drug-likeness (QED) is 0.558. The lowest BCUT2D eigenvalue weighted by Gasteiger charge is -2.19. The van der Waals surface area contributed by atoms with Gasteiger partial charge in [-0.15, -0.1) is 0 Å². The number of methoxy groups -OCH3 is 1. The normalized spacial score (nSPS) is 11.7. The minimum Gasteiger partial charge on any atom is -0.496 e. The van der Waals surface area contributed by atoms with Crippen molar-refractivity contribution in [3.8, 4) is 5.75 Å². The molecule has 0 fully saturated rings. The van der Waals surface area contributed by atoms with E-state index in [1.54, 1.807) is 18.2 Å². The molecule has 7 heteroatoms. The number of Topliss-reactive ketones (excluding diaryl/α,β-unsaturated/α-hetero) is 1. The fourth-order valence-electron chi connectivity index (χ4n) is 2.22. The van der Waals surface area contributed by atoms with Gasteiger partial charge in [-0.05, 0) is 37.5 Å². The summed E-state index contributed by atoms with van der Waals surface area (Å²) in [5.41, 5.74) is 6.16. The number of rotatable bonds is 8. The standard InChI is InChI=1S/C17H24N2O5/c1-10(2)7-14(19-17(18)22)16(21)24-9-13-8-12(11(3)20)5-6-15(13)23-4/h5-6,8,10,14H,7,9H2,1-4H3,(H3,18,19,22). The lowest BCUT2D eigenvalue weighted by atomic mass is 10.0. The first kappa shape index (κ1) is 19.5. The molecular weight excluding hydrogens is 312 g/mol. The van der Waals surface area contributed by atoms with Crippen molar-refractivity contribution in [1.82, 2.24) is 5.32 Å². The molecule has 0 aliphatic rings. The van der Waals surface area contributed by atoms with Crippen molar-refractivity contribution in [2.45, 2.75) is 39.8 Å². The molecule has 1 aromatic carbocycles. The molecule has 0 saturated heterocycles. The van der Waals surface area contributed by atoms with Crippen molar-refractivity contribution in [1.29, 1.82) is 0 Å². The first-order valence-electron chi connectivity index (χ1n) is 7.65. The number of hydrogen-bond donors (Lipinski definition) is 2. The fourth-order valence-corrected chi connectivity index (χ4v) is 2.22. The number of hydrogen-bond acceptors (Lipinski definition) is 5. The molecule has 1 aromatic rings. The van der Waals surface area contributed by atoms with E-state index in [-0.39, 0.29) is 18.3 Å². The highest BCUT2D eigenvalue weighted by Gasteiger charge is 2.23. The Hall–Kier alpha value is -2.57. The number of benzene rings is 1. The highest BCUT2D eigenvalue weighted by atomic mass is 16.5. The molecule has 7 nitrogen and oxygen atoms in total. The van der Waals surface area contributed by atoms with Crippen LogP contribution in [0, 0.1) is 5.92 Å². The Balaban J connectivity index is 2.85. The molecule has 24 heavy (non-hydrogen) atoms. The predicted molar refractivity (Wildman–Crippen MR) is 88.8 cm³/mol. The number of ether oxygens (including phenoxy) is 2. The van der Waals surface area contributed by atoms with Gasteiger partial charge in [0.05, 0.1) is 7.11 Å². The van der Waals surface area contributed by atoms with Gasteiger partial charge in [0.25, 0.3) is 0 Å². The molecule has 1 unspecified atom stereocenters. The van der Waals surface area contributed by atoms with E-state index in [0.717, 1.165) is 0 Å². The third-order valence-corrected chi connectivity index (χ3v) is 3.36. The van der Waals surface area contributed by atoms with Crippen molar-refractivity contribution in [3.05, 3.63) is 29.3 Å². The van der Waals surface area contributed by atoms with Crippen LogP contribution >= 0.6 is 0 Å². The lowest BCUT2D eigenvalue weighted by molar-refractivity contribution is -0.147. The summed E-state index contributed by atoms with van der Waals surface area (Å²) >= 11 is 0. The molecule has 1 atom stereocenters. The molecule has 0 heterocycles. The molecule has 0 radical (unpaired) electrons. The van der Waals surface area contributed by atoms with Crippen LogP contribution in [0.25, 0.3) is 0 Å². The average Bonchev–Trinajstić information content (AvgIpc) is 2.50. The Labute approximate surface area is 141 Å². The van der Waals surface area contributed by atoms with Crippen molar-refractivity contribution < 1.29 is 23.9 Å². The number of nitrogens with two attached hydrogens (primary N) is 1. The molecule has 0 aliphatic carbocycles. The maximum Gasteiger partial charge on any atom is 0.329 e. The van der Waals surface area contributed by atoms with Crippen LogP contribution in [0.3, 0.4) is 0 Å². The van der Waals surface area contributed by atoms with E-state index in [2.05, 4.69) is 5.32 Å². The van der Waals surface area contributed by atoms with Crippen LogP contribution in [-0.2, 0) is 16.1 Å². The van der Waals surface area contributed by atoms with Crippen molar-refractivity contribution in [2.75, 3.05) is 7.11 Å². The van der Waals surface area contributed by atoms with Gasteiger partial charge in [-0.3, -0.25) is 4.79 Å². The fraction of sp³-hybridized carbons (Fsp3) is 0.471. The van der Waals surface area contributed by atoms with Crippen molar-refractivity contribution >= 4 is 17.8 Å². The maximum absolute atomic E-state index is 12.2. The van der Waals surface area contributed by atoms with Gasteiger partial charge < -0.3 is 20.5 Å². The van der Waals surface area contributed by atoms with Crippen LogP contribution in [0.2, 0.25) is 0 Å². The van der Waals surface area contributed by atoms with Crippen LogP contribution in [0.4, 0.5) is 4.79 Å². The third-order valence-electron chi connectivity index (χ3n) is 3.36. The molecule has 2 amide bonds. The van der Waals surface area contributed by atoms with Gasteiger partial charge in [-0.1, -0.05) is 13.8 Å². The molecule has 0 saturated carbocycles. The smallest absolute Gasteiger partial charge is 0.329 e. The molecule has 0 spiro atoms. The van der Waals surface area contributed by atoms with E-state index >= 15 is 0 Å². The van der Waals surface area contributed by atoms with Crippen LogP contribution in [0.1, 0.15) is 43.1 Å². The van der Waals surface area contributed by atoms with Gasteiger partial charge in [0, 0.05) is 11.1 Å². The number of amides is 2. The monoisotopic (exact) mass is 336 g/mol. The predicted octanol–water partition coefficient (Wildman–Crippen LogP) is 2.02. The zero-order chi connectivity index (χ0) is 18.3. The third kappa shape index (κ3) is 5.91. The zero-order valence-corrected chi connectivity index (χ0v) is 14.4. The summed E-state index contributed by atoms with van der Waals surface area (Å²) in [6, 6.07) is 3.31. The van der Waals surface area contributed by atoms with Gasteiger partial charge in [0.15, 0.2) is 5.78 Å². The SMILES string of the molecule is COc1ccc(C(C)=O)cc1COC(=O)C(CC(C)C)NC(N)=O. The Morgan fingerprint density at radius 1 is 1.25 bits per heavy atom.